The van der Waals surface area contributed by atoms with Crippen molar-refractivity contribution in [3.8, 4) is 0 Å². The molecule has 1 aromatic carbocycles. The molecule has 172 valence electrons. The van der Waals surface area contributed by atoms with Gasteiger partial charge in [-0.1, -0.05) is 30.3 Å². The summed E-state index contributed by atoms with van der Waals surface area (Å²) in [6.45, 7) is 9.61. The fourth-order valence-electron chi connectivity index (χ4n) is 3.45. The summed E-state index contributed by atoms with van der Waals surface area (Å²) in [5.74, 6) is 0.864. The maximum atomic E-state index is 5.93. The van der Waals surface area contributed by atoms with E-state index in [1.165, 1.54) is 23.5 Å². The lowest BCUT2D eigenvalue weighted by molar-refractivity contribution is 0.0652. The van der Waals surface area contributed by atoms with Gasteiger partial charge in [0.15, 0.2) is 11.1 Å². The third-order valence-corrected chi connectivity index (χ3v) is 6.09. The lowest BCUT2D eigenvalue weighted by Crippen LogP contribution is -2.38. The van der Waals surface area contributed by atoms with Crippen molar-refractivity contribution in [3.05, 3.63) is 47.0 Å². The average Bonchev–Trinajstić information content (AvgIpc) is 3.46. The molecule has 1 atom stereocenters. The first-order valence-electron chi connectivity index (χ1n) is 11.1. The first kappa shape index (κ1) is 25.9. The molecule has 0 amide bonds. The van der Waals surface area contributed by atoms with E-state index in [9.17, 15) is 0 Å². The van der Waals surface area contributed by atoms with Crippen LogP contribution in [0.1, 0.15) is 50.5 Å². The van der Waals surface area contributed by atoms with Crippen molar-refractivity contribution >= 4 is 46.4 Å². The first-order chi connectivity index (χ1) is 14.8. The van der Waals surface area contributed by atoms with Crippen LogP contribution in [0.4, 0.5) is 5.13 Å². The normalized spacial score (nSPS) is 14.9. The summed E-state index contributed by atoms with van der Waals surface area (Å²) in [6, 6.07) is 10.3. The number of aromatic nitrogens is 1. The van der Waals surface area contributed by atoms with Crippen molar-refractivity contribution in [1.82, 2.24) is 15.6 Å². The molecule has 1 saturated heterocycles. The van der Waals surface area contributed by atoms with Gasteiger partial charge in [-0.05, 0) is 38.7 Å². The van der Waals surface area contributed by atoms with E-state index in [0.29, 0.717) is 6.61 Å². The molecule has 1 fully saturated rings. The third-order valence-electron chi connectivity index (χ3n) is 5.14. The molecule has 31 heavy (non-hydrogen) atoms. The van der Waals surface area contributed by atoms with Crippen LogP contribution in [0.2, 0.25) is 0 Å². The van der Waals surface area contributed by atoms with Gasteiger partial charge in [-0.15, -0.1) is 35.3 Å². The van der Waals surface area contributed by atoms with Crippen LogP contribution >= 0.6 is 35.3 Å². The molecular weight excluding hydrogens is 521 g/mol. The molecule has 2 aromatic rings. The van der Waals surface area contributed by atoms with E-state index in [0.717, 1.165) is 57.2 Å². The summed E-state index contributed by atoms with van der Waals surface area (Å²) >= 11 is 1.76. The number of ether oxygens (including phenoxy) is 1. The molecule has 0 saturated carbocycles. The molecule has 0 bridgehead atoms. The van der Waals surface area contributed by atoms with Crippen molar-refractivity contribution in [3.63, 3.8) is 0 Å². The van der Waals surface area contributed by atoms with Crippen LogP contribution in [-0.4, -0.2) is 50.3 Å². The number of halogens is 1. The summed E-state index contributed by atoms with van der Waals surface area (Å²) in [6.07, 6.45) is 4.50. The molecule has 2 N–H and O–H groups in total. The van der Waals surface area contributed by atoms with Crippen LogP contribution in [0, 0.1) is 0 Å². The van der Waals surface area contributed by atoms with Gasteiger partial charge in [-0.2, -0.15) is 0 Å². The minimum Gasteiger partial charge on any atom is -0.374 e. The highest BCUT2D eigenvalue weighted by molar-refractivity contribution is 14.0. The molecule has 0 spiro atoms. The second kappa shape index (κ2) is 14.6. The number of aliphatic imine (C=N–C) groups is 1. The fourth-order valence-corrected chi connectivity index (χ4v) is 4.36. The van der Waals surface area contributed by atoms with Gasteiger partial charge in [-0.25, -0.2) is 4.98 Å². The number of thiazole rings is 1. The summed E-state index contributed by atoms with van der Waals surface area (Å²) in [5, 5.41) is 10.1. The molecule has 8 heteroatoms. The second-order valence-electron chi connectivity index (χ2n) is 7.53. The van der Waals surface area contributed by atoms with E-state index in [2.05, 4.69) is 51.9 Å². The first-order valence-corrected chi connectivity index (χ1v) is 12.0. The Hall–Kier alpha value is -1.39. The largest absolute Gasteiger partial charge is 0.374 e. The number of benzene rings is 1. The van der Waals surface area contributed by atoms with Crippen molar-refractivity contribution in [2.45, 2.75) is 45.6 Å². The summed E-state index contributed by atoms with van der Waals surface area (Å²) in [4.78, 5) is 11.9. The Morgan fingerprint density at radius 1 is 1.23 bits per heavy atom. The van der Waals surface area contributed by atoms with Gasteiger partial charge < -0.3 is 20.3 Å². The Balaban J connectivity index is 0.00000341. The van der Waals surface area contributed by atoms with Crippen molar-refractivity contribution in [2.75, 3.05) is 44.2 Å². The Labute approximate surface area is 207 Å². The SMILES string of the molecule is CCNC(=NCCCOC(C)c1ccccc1)NCCc1csc(N2CCCC2)n1.I. The molecular formula is C23H36IN5OS. The monoisotopic (exact) mass is 557 g/mol. The maximum Gasteiger partial charge on any atom is 0.191 e. The Morgan fingerprint density at radius 3 is 2.74 bits per heavy atom. The van der Waals surface area contributed by atoms with Gasteiger partial charge in [0.25, 0.3) is 0 Å². The summed E-state index contributed by atoms with van der Waals surface area (Å²) < 4.78 is 5.93. The standard InChI is InChI=1S/C23H35N5OS.HI/c1-3-24-22(25-13-9-17-29-19(2)20-10-5-4-6-11-20)26-14-12-21-18-30-23(27-21)28-15-7-8-16-28;/h4-6,10-11,18-19H,3,7-9,12-17H2,1-2H3,(H2,24,25,26);1H. The van der Waals surface area contributed by atoms with E-state index in [4.69, 9.17) is 9.72 Å². The molecule has 1 aromatic heterocycles. The third kappa shape index (κ3) is 8.94. The average molecular weight is 558 g/mol. The molecule has 0 radical (unpaired) electrons. The minimum absolute atomic E-state index is 0. The van der Waals surface area contributed by atoms with Gasteiger partial charge in [-0.3, -0.25) is 4.99 Å². The quantitative estimate of drug-likeness (QED) is 0.183. The molecule has 2 heterocycles. The Morgan fingerprint density at radius 2 is 2.00 bits per heavy atom. The Kier molecular flexibility index (Phi) is 12.2. The van der Waals surface area contributed by atoms with E-state index in [1.807, 2.05) is 18.2 Å². The highest BCUT2D eigenvalue weighted by Crippen LogP contribution is 2.24. The lowest BCUT2D eigenvalue weighted by atomic mass is 10.1. The minimum atomic E-state index is 0. The number of guanidine groups is 1. The second-order valence-corrected chi connectivity index (χ2v) is 8.37. The van der Waals surface area contributed by atoms with Gasteiger partial charge in [0.1, 0.15) is 0 Å². The fraction of sp³-hybridized carbons (Fsp3) is 0.565. The predicted molar refractivity (Wildman–Crippen MR) is 142 cm³/mol. The van der Waals surface area contributed by atoms with Gasteiger partial charge in [0.05, 0.1) is 11.8 Å². The topological polar surface area (TPSA) is 61.8 Å². The maximum absolute atomic E-state index is 5.93. The zero-order valence-corrected chi connectivity index (χ0v) is 21.8. The van der Waals surface area contributed by atoms with Gasteiger partial charge in [0.2, 0.25) is 0 Å². The molecule has 0 aliphatic carbocycles. The predicted octanol–water partition coefficient (Wildman–Crippen LogP) is 4.63. The van der Waals surface area contributed by atoms with Crippen molar-refractivity contribution < 1.29 is 4.74 Å². The lowest BCUT2D eigenvalue weighted by Gasteiger charge is -2.13. The van der Waals surface area contributed by atoms with Crippen LogP contribution in [-0.2, 0) is 11.2 Å². The van der Waals surface area contributed by atoms with E-state index in [-0.39, 0.29) is 30.1 Å². The van der Waals surface area contributed by atoms with Crippen LogP contribution in [0.15, 0.2) is 40.7 Å². The Bertz CT molecular complexity index is 764. The summed E-state index contributed by atoms with van der Waals surface area (Å²) in [5.41, 5.74) is 2.37. The number of rotatable bonds is 11. The van der Waals surface area contributed by atoms with Crippen LogP contribution in [0.5, 0.6) is 0 Å². The molecule has 1 aliphatic rings. The number of hydrogen-bond acceptors (Lipinski definition) is 5. The number of nitrogens with one attached hydrogen (secondary N) is 2. The zero-order chi connectivity index (χ0) is 21.0. The smallest absolute Gasteiger partial charge is 0.191 e. The van der Waals surface area contributed by atoms with Crippen LogP contribution in [0.25, 0.3) is 0 Å². The zero-order valence-electron chi connectivity index (χ0n) is 18.7. The summed E-state index contributed by atoms with van der Waals surface area (Å²) in [7, 11) is 0. The van der Waals surface area contributed by atoms with Crippen molar-refractivity contribution in [2.24, 2.45) is 4.99 Å². The van der Waals surface area contributed by atoms with E-state index >= 15 is 0 Å². The number of anilines is 1. The molecule has 3 rings (SSSR count). The highest BCUT2D eigenvalue weighted by Gasteiger charge is 2.15. The van der Waals surface area contributed by atoms with E-state index in [1.54, 1.807) is 11.3 Å². The molecule has 1 aliphatic heterocycles. The molecule has 6 nitrogen and oxygen atoms in total. The van der Waals surface area contributed by atoms with Gasteiger partial charge >= 0.3 is 0 Å². The van der Waals surface area contributed by atoms with E-state index < -0.39 is 0 Å². The van der Waals surface area contributed by atoms with Crippen LogP contribution in [0.3, 0.4) is 0 Å². The highest BCUT2D eigenvalue weighted by atomic mass is 127. The number of hydrogen-bond donors (Lipinski definition) is 2. The van der Waals surface area contributed by atoms with Crippen molar-refractivity contribution in [1.29, 1.82) is 0 Å². The molecule has 1 unspecified atom stereocenters. The number of nitrogens with zero attached hydrogens (tertiary/aromatic N) is 3. The van der Waals surface area contributed by atoms with Gasteiger partial charge in [0, 0.05) is 51.1 Å². The van der Waals surface area contributed by atoms with Crippen LogP contribution < -0.4 is 15.5 Å².